The highest BCUT2D eigenvalue weighted by molar-refractivity contribution is 7.89. The third-order valence-corrected chi connectivity index (χ3v) is 4.55. The molecule has 0 saturated heterocycles. The van der Waals surface area contributed by atoms with Crippen LogP contribution in [-0.4, -0.2) is 19.4 Å². The van der Waals surface area contributed by atoms with Crippen molar-refractivity contribution in [2.45, 2.75) is 37.6 Å². The van der Waals surface area contributed by atoms with E-state index in [4.69, 9.17) is 5.26 Å². The predicted octanol–water partition coefficient (Wildman–Crippen LogP) is 2.01. The lowest BCUT2D eigenvalue weighted by molar-refractivity contribution is -0.387. The zero-order chi connectivity index (χ0) is 16.2. The number of sulfonamides is 1. The van der Waals surface area contributed by atoms with Gasteiger partial charge in [0, 0.05) is 12.1 Å². The average Bonchev–Trinajstić information content (AvgIpc) is 2.37. The Balaban J connectivity index is 3.29. The molecule has 114 valence electrons. The minimum absolute atomic E-state index is 0.0297. The van der Waals surface area contributed by atoms with Gasteiger partial charge in [0.2, 0.25) is 15.8 Å². The summed E-state index contributed by atoms with van der Waals surface area (Å²) in [6.45, 7) is 3.04. The zero-order valence-corrected chi connectivity index (χ0v) is 12.3. The van der Waals surface area contributed by atoms with Gasteiger partial charge >= 0.3 is 5.69 Å². The number of hydrogen-bond acceptors (Lipinski definition) is 5. The van der Waals surface area contributed by atoms with Gasteiger partial charge in [0.05, 0.1) is 22.3 Å². The molecule has 7 nitrogen and oxygen atoms in total. The van der Waals surface area contributed by atoms with Gasteiger partial charge in [-0.25, -0.2) is 13.1 Å². The molecule has 21 heavy (non-hydrogen) atoms. The lowest BCUT2D eigenvalue weighted by Gasteiger charge is -2.15. The maximum absolute atomic E-state index is 13.4. The second-order valence-electron chi connectivity index (χ2n) is 4.41. The lowest BCUT2D eigenvalue weighted by Crippen LogP contribution is -2.34. The number of aryl methyl sites for hydroxylation is 1. The first-order valence-electron chi connectivity index (χ1n) is 6.06. The van der Waals surface area contributed by atoms with Crippen molar-refractivity contribution in [2.24, 2.45) is 0 Å². The van der Waals surface area contributed by atoms with E-state index in [0.29, 0.717) is 12.5 Å². The third kappa shape index (κ3) is 3.96. The van der Waals surface area contributed by atoms with E-state index in [-0.39, 0.29) is 16.9 Å². The van der Waals surface area contributed by atoms with Crippen LogP contribution in [0.2, 0.25) is 0 Å². The van der Waals surface area contributed by atoms with Crippen molar-refractivity contribution < 1.29 is 17.7 Å². The van der Waals surface area contributed by atoms with Crippen molar-refractivity contribution in [1.82, 2.24) is 4.72 Å². The molecule has 1 unspecified atom stereocenters. The fourth-order valence-corrected chi connectivity index (χ4v) is 3.30. The van der Waals surface area contributed by atoms with Gasteiger partial charge in [0.15, 0.2) is 0 Å². The van der Waals surface area contributed by atoms with Crippen LogP contribution in [-0.2, 0) is 10.0 Å². The first-order chi connectivity index (χ1) is 9.72. The van der Waals surface area contributed by atoms with Gasteiger partial charge in [0.1, 0.15) is 0 Å². The first-order valence-corrected chi connectivity index (χ1v) is 7.55. The second kappa shape index (κ2) is 6.60. The highest BCUT2D eigenvalue weighted by atomic mass is 32.2. The number of hydrogen-bond donors (Lipinski definition) is 1. The van der Waals surface area contributed by atoms with E-state index in [0.717, 1.165) is 6.07 Å². The molecule has 0 radical (unpaired) electrons. The van der Waals surface area contributed by atoms with Gasteiger partial charge in [0.25, 0.3) is 0 Å². The molecule has 1 atom stereocenters. The summed E-state index contributed by atoms with van der Waals surface area (Å²) >= 11 is 0. The highest BCUT2D eigenvalue weighted by Crippen LogP contribution is 2.25. The van der Waals surface area contributed by atoms with Crippen molar-refractivity contribution in [3.05, 3.63) is 33.6 Å². The van der Waals surface area contributed by atoms with E-state index in [1.807, 2.05) is 6.07 Å². The molecule has 0 aliphatic rings. The molecule has 0 saturated carbocycles. The van der Waals surface area contributed by atoms with Gasteiger partial charge in [-0.15, -0.1) is 0 Å². The predicted molar refractivity (Wildman–Crippen MR) is 72.4 cm³/mol. The summed E-state index contributed by atoms with van der Waals surface area (Å²) in [5, 5.41) is 19.3. The van der Waals surface area contributed by atoms with Crippen molar-refractivity contribution in [2.75, 3.05) is 0 Å². The molecule has 1 N–H and O–H groups in total. The Labute approximate surface area is 121 Å². The monoisotopic (exact) mass is 315 g/mol. The van der Waals surface area contributed by atoms with Crippen LogP contribution in [0.3, 0.4) is 0 Å². The quantitative estimate of drug-likeness (QED) is 0.637. The summed E-state index contributed by atoms with van der Waals surface area (Å²) in [6, 6.07) is 2.73. The summed E-state index contributed by atoms with van der Waals surface area (Å²) in [7, 11) is -4.07. The standard InChI is InChI=1S/C12H14FN3O4S/c1-3-9(4-5-14)15-21(19,20)12-7-11(16(17)18)10(13)6-8(12)2/h6-7,9,15H,3-4H2,1-2H3. The molecular weight excluding hydrogens is 301 g/mol. The maximum atomic E-state index is 13.4. The molecule has 0 aliphatic carbocycles. The minimum atomic E-state index is -4.07. The Hall–Kier alpha value is -2.05. The second-order valence-corrected chi connectivity index (χ2v) is 6.10. The number of nitrogens with one attached hydrogen (secondary N) is 1. The summed E-state index contributed by atoms with van der Waals surface area (Å²) in [5.74, 6) is -1.10. The number of nitrogens with zero attached hydrogens (tertiary/aromatic N) is 2. The van der Waals surface area contributed by atoms with Crippen LogP contribution in [0.25, 0.3) is 0 Å². The number of nitriles is 1. The molecule has 0 aliphatic heterocycles. The molecule has 0 aromatic heterocycles. The van der Waals surface area contributed by atoms with E-state index in [2.05, 4.69) is 4.72 Å². The number of nitro benzene ring substituents is 1. The Bertz CT molecular complexity index is 697. The fourth-order valence-electron chi connectivity index (χ4n) is 1.73. The van der Waals surface area contributed by atoms with Gasteiger partial charge in [-0.3, -0.25) is 10.1 Å². The van der Waals surface area contributed by atoms with Gasteiger partial charge in [-0.05, 0) is 25.0 Å². The Kier molecular flexibility index (Phi) is 5.34. The maximum Gasteiger partial charge on any atom is 0.306 e. The molecule has 0 spiro atoms. The summed E-state index contributed by atoms with van der Waals surface area (Å²) < 4.78 is 40.1. The fraction of sp³-hybridized carbons (Fsp3) is 0.417. The number of rotatable bonds is 6. The number of halogens is 1. The van der Waals surface area contributed by atoms with Crippen molar-refractivity contribution in [3.63, 3.8) is 0 Å². The van der Waals surface area contributed by atoms with Crippen molar-refractivity contribution >= 4 is 15.7 Å². The minimum Gasteiger partial charge on any atom is -0.258 e. The van der Waals surface area contributed by atoms with E-state index in [9.17, 15) is 22.9 Å². The molecule has 0 heterocycles. The van der Waals surface area contributed by atoms with Crippen LogP contribution in [0.4, 0.5) is 10.1 Å². The van der Waals surface area contributed by atoms with Crippen LogP contribution in [0.15, 0.2) is 17.0 Å². The molecule has 0 amide bonds. The smallest absolute Gasteiger partial charge is 0.258 e. The molecule has 0 fully saturated rings. The molecule has 1 aromatic rings. The van der Waals surface area contributed by atoms with E-state index in [1.165, 1.54) is 6.92 Å². The average molecular weight is 315 g/mol. The first kappa shape index (κ1) is 17.0. The molecule has 1 rings (SSSR count). The van der Waals surface area contributed by atoms with Crippen molar-refractivity contribution in [1.29, 1.82) is 5.26 Å². The van der Waals surface area contributed by atoms with Gasteiger partial charge < -0.3 is 0 Å². The molecule has 0 bridgehead atoms. The zero-order valence-electron chi connectivity index (χ0n) is 11.5. The number of benzene rings is 1. The van der Waals surface area contributed by atoms with E-state index in [1.54, 1.807) is 6.92 Å². The molecule has 1 aromatic carbocycles. The molecular formula is C12H14FN3O4S. The van der Waals surface area contributed by atoms with E-state index >= 15 is 0 Å². The third-order valence-electron chi connectivity index (χ3n) is 2.88. The Morgan fingerprint density at radius 3 is 2.62 bits per heavy atom. The summed E-state index contributed by atoms with van der Waals surface area (Å²) in [6.07, 6.45) is 0.354. The SMILES string of the molecule is CCC(CC#N)NS(=O)(=O)c1cc([N+](=O)[O-])c(F)cc1C. The van der Waals surface area contributed by atoms with Crippen LogP contribution >= 0.6 is 0 Å². The van der Waals surface area contributed by atoms with Crippen LogP contribution < -0.4 is 4.72 Å². The van der Waals surface area contributed by atoms with E-state index < -0.39 is 32.5 Å². The van der Waals surface area contributed by atoms with Crippen LogP contribution in [0.5, 0.6) is 0 Å². The van der Waals surface area contributed by atoms with Gasteiger partial charge in [-0.2, -0.15) is 9.65 Å². The normalized spacial score (nSPS) is 12.7. The van der Waals surface area contributed by atoms with Crippen molar-refractivity contribution in [3.8, 4) is 6.07 Å². The van der Waals surface area contributed by atoms with Gasteiger partial charge in [-0.1, -0.05) is 6.92 Å². The summed E-state index contributed by atoms with van der Waals surface area (Å²) in [4.78, 5) is 9.35. The highest BCUT2D eigenvalue weighted by Gasteiger charge is 2.26. The van der Waals surface area contributed by atoms with Crippen LogP contribution in [0, 0.1) is 34.2 Å². The largest absolute Gasteiger partial charge is 0.306 e. The Morgan fingerprint density at radius 2 is 2.14 bits per heavy atom. The topological polar surface area (TPSA) is 113 Å². The van der Waals surface area contributed by atoms with Crippen LogP contribution in [0.1, 0.15) is 25.3 Å². The number of nitro groups is 1. The Morgan fingerprint density at radius 1 is 1.52 bits per heavy atom. The lowest BCUT2D eigenvalue weighted by atomic mass is 10.2. The summed E-state index contributed by atoms with van der Waals surface area (Å²) in [5.41, 5.74) is -0.855. The molecule has 9 heteroatoms.